The lowest BCUT2D eigenvalue weighted by atomic mass is 9.91. The molecule has 1 aromatic heterocycles. The molecule has 0 aliphatic carbocycles. The Morgan fingerprint density at radius 2 is 1.08 bits per heavy atom. The summed E-state index contributed by atoms with van der Waals surface area (Å²) < 4.78 is 0. The summed E-state index contributed by atoms with van der Waals surface area (Å²) in [5, 5.41) is 2.40. The van der Waals surface area contributed by atoms with E-state index in [9.17, 15) is 0 Å². The summed E-state index contributed by atoms with van der Waals surface area (Å²) in [5.41, 5.74) is 16.2. The van der Waals surface area contributed by atoms with Gasteiger partial charge in [0.05, 0.1) is 11.2 Å². The van der Waals surface area contributed by atoms with Crippen LogP contribution in [0.2, 0.25) is 0 Å². The zero-order chi connectivity index (χ0) is 34.1. The Balaban J connectivity index is 1.28. The highest BCUT2D eigenvalue weighted by molar-refractivity contribution is 6.16. The predicted octanol–water partition coefficient (Wildman–Crippen LogP) is 13.3. The van der Waals surface area contributed by atoms with Gasteiger partial charge >= 0.3 is 0 Å². The summed E-state index contributed by atoms with van der Waals surface area (Å²) in [6, 6.07) is 59.1. The van der Waals surface area contributed by atoms with E-state index in [1.54, 1.807) is 0 Å². The maximum atomic E-state index is 4.45. The fourth-order valence-corrected chi connectivity index (χ4v) is 7.46. The van der Waals surface area contributed by atoms with Crippen molar-refractivity contribution in [3.63, 3.8) is 0 Å². The summed E-state index contributed by atoms with van der Waals surface area (Å²) >= 11 is 0. The van der Waals surface area contributed by atoms with E-state index in [2.05, 4.69) is 205 Å². The summed E-state index contributed by atoms with van der Waals surface area (Å²) in [7, 11) is 0. The molecule has 2 heteroatoms. The van der Waals surface area contributed by atoms with Crippen LogP contribution in [0.1, 0.15) is 5.56 Å². The quantitative estimate of drug-likeness (QED) is 0.200. The van der Waals surface area contributed by atoms with Crippen molar-refractivity contribution < 1.29 is 0 Å². The molecule has 0 saturated heterocycles. The van der Waals surface area contributed by atoms with E-state index in [1.165, 1.54) is 49.7 Å². The summed E-state index contributed by atoms with van der Waals surface area (Å²) in [4.78, 5) is 6.33. The number of allylic oxidation sites excluding steroid dienone is 4. The van der Waals surface area contributed by atoms with Gasteiger partial charge in [-0.3, -0.25) is 0 Å². The van der Waals surface area contributed by atoms with Crippen molar-refractivity contribution in [2.45, 2.75) is 0 Å². The van der Waals surface area contributed by atoms with Crippen LogP contribution >= 0.6 is 0 Å². The zero-order valence-electron chi connectivity index (χ0n) is 28.3. The molecule has 242 valence electrons. The lowest BCUT2D eigenvalue weighted by Gasteiger charge is -2.28. The van der Waals surface area contributed by atoms with Crippen molar-refractivity contribution in [3.05, 3.63) is 200 Å². The molecule has 0 fully saturated rings. The van der Waals surface area contributed by atoms with E-state index in [-0.39, 0.29) is 0 Å². The third kappa shape index (κ3) is 5.67. The van der Waals surface area contributed by atoms with Gasteiger partial charge in [-0.2, -0.15) is 0 Å². The minimum absolute atomic E-state index is 0.713. The van der Waals surface area contributed by atoms with Gasteiger partial charge in [0.25, 0.3) is 0 Å². The molecule has 0 spiro atoms. The van der Waals surface area contributed by atoms with Gasteiger partial charge in [-0.05, 0) is 92.5 Å². The molecule has 51 heavy (non-hydrogen) atoms. The van der Waals surface area contributed by atoms with Crippen LogP contribution in [0, 0.1) is 0 Å². The third-order valence-corrected chi connectivity index (χ3v) is 9.96. The monoisotopic (exact) mass is 652 g/mol. The number of anilines is 2. The molecule has 0 atom stereocenters. The number of aromatic amines is 1. The van der Waals surface area contributed by atoms with E-state index in [0.717, 1.165) is 39.1 Å². The summed E-state index contributed by atoms with van der Waals surface area (Å²) in [5.74, 6) is 0. The molecule has 9 rings (SSSR count). The maximum absolute atomic E-state index is 4.45. The van der Waals surface area contributed by atoms with Gasteiger partial charge in [0.15, 0.2) is 0 Å². The molecule has 2 nitrogen and oxygen atoms in total. The number of aromatic nitrogens is 1. The standard InChI is InChI=1S/C49H36N2/c1-34-16-6-5-15-29-51(41-21-11-4-12-22-41)49-45(43-24-14-13-23-42(34)43)27-26-44-46-33-37(25-28-47(46)50-48(44)49)40-31-38(35-17-7-2-8-18-35)30-39(32-40)36-19-9-3-10-20-36/h2-28,30-33,50H,1,29H2/b15-5-,16-6-. The molecular weight excluding hydrogens is 617 g/mol. The molecule has 0 amide bonds. The van der Waals surface area contributed by atoms with E-state index >= 15 is 0 Å². The van der Waals surface area contributed by atoms with Crippen molar-refractivity contribution in [2.24, 2.45) is 0 Å². The number of hydrogen-bond donors (Lipinski definition) is 1. The molecule has 1 N–H and O–H groups in total. The van der Waals surface area contributed by atoms with Gasteiger partial charge in [-0.25, -0.2) is 0 Å². The van der Waals surface area contributed by atoms with Crippen LogP contribution < -0.4 is 4.90 Å². The average molecular weight is 653 g/mol. The van der Waals surface area contributed by atoms with Crippen LogP contribution in [-0.4, -0.2) is 11.5 Å². The average Bonchev–Trinajstić information content (AvgIpc) is 3.57. The molecule has 1 aliphatic rings. The van der Waals surface area contributed by atoms with Crippen LogP contribution in [0.3, 0.4) is 0 Å². The van der Waals surface area contributed by atoms with Crippen LogP contribution in [0.4, 0.5) is 11.4 Å². The van der Waals surface area contributed by atoms with Crippen molar-refractivity contribution >= 4 is 38.8 Å². The Morgan fingerprint density at radius 1 is 0.471 bits per heavy atom. The SMILES string of the molecule is C=C1/C=C\C=C/CN(c2ccccc2)c2c(ccc3c2[nH]c2ccc(-c4cc(-c5ccccc5)cc(-c5ccccc5)c4)cc23)-c2ccccc21. The van der Waals surface area contributed by atoms with Gasteiger partial charge in [0.1, 0.15) is 0 Å². The smallest absolute Gasteiger partial charge is 0.0739 e. The summed E-state index contributed by atoms with van der Waals surface area (Å²) in [6.45, 7) is 5.17. The van der Waals surface area contributed by atoms with Crippen molar-refractivity contribution in [3.8, 4) is 44.5 Å². The number of para-hydroxylation sites is 1. The predicted molar refractivity (Wildman–Crippen MR) is 218 cm³/mol. The largest absolute Gasteiger partial charge is 0.353 e. The van der Waals surface area contributed by atoms with Crippen molar-refractivity contribution in [1.82, 2.24) is 4.98 Å². The van der Waals surface area contributed by atoms with Crippen LogP contribution in [0.5, 0.6) is 0 Å². The van der Waals surface area contributed by atoms with Gasteiger partial charge in [0.2, 0.25) is 0 Å². The Bertz CT molecular complexity index is 2550. The van der Waals surface area contributed by atoms with Crippen molar-refractivity contribution in [1.29, 1.82) is 0 Å². The highest BCUT2D eigenvalue weighted by Gasteiger charge is 2.22. The minimum Gasteiger partial charge on any atom is -0.353 e. The lowest BCUT2D eigenvalue weighted by molar-refractivity contribution is 1.10. The maximum Gasteiger partial charge on any atom is 0.0739 e. The molecular formula is C49H36N2. The topological polar surface area (TPSA) is 19.0 Å². The summed E-state index contributed by atoms with van der Waals surface area (Å²) in [6.07, 6.45) is 8.54. The van der Waals surface area contributed by atoms with Gasteiger partial charge < -0.3 is 9.88 Å². The first-order chi connectivity index (χ1) is 25.2. The number of nitrogens with one attached hydrogen (secondary N) is 1. The molecule has 0 radical (unpaired) electrons. The van der Waals surface area contributed by atoms with Crippen LogP contribution in [0.25, 0.3) is 71.9 Å². The first-order valence-corrected chi connectivity index (χ1v) is 17.5. The molecule has 0 unspecified atom stereocenters. The second-order valence-electron chi connectivity index (χ2n) is 13.1. The number of rotatable bonds is 4. The molecule has 7 aromatic carbocycles. The Labute approximate surface area is 299 Å². The Kier molecular flexibility index (Phi) is 7.75. The number of nitrogens with zero attached hydrogens (tertiary/aromatic N) is 1. The van der Waals surface area contributed by atoms with E-state index in [4.69, 9.17) is 0 Å². The Hall–Kier alpha value is -6.64. The Morgan fingerprint density at radius 3 is 1.76 bits per heavy atom. The fraction of sp³-hybridized carbons (Fsp3) is 0.0204. The third-order valence-electron chi connectivity index (χ3n) is 9.96. The van der Waals surface area contributed by atoms with Crippen LogP contribution in [0.15, 0.2) is 195 Å². The van der Waals surface area contributed by atoms with Crippen LogP contribution in [-0.2, 0) is 0 Å². The lowest BCUT2D eigenvalue weighted by Crippen LogP contribution is -2.18. The van der Waals surface area contributed by atoms with E-state index in [1.807, 2.05) is 0 Å². The van der Waals surface area contributed by atoms with Gasteiger partial charge in [-0.1, -0.05) is 152 Å². The first kappa shape index (κ1) is 30.4. The second kappa shape index (κ2) is 13.0. The molecule has 0 bridgehead atoms. The second-order valence-corrected chi connectivity index (χ2v) is 13.1. The minimum atomic E-state index is 0.713. The normalized spacial score (nSPS) is 14.1. The van der Waals surface area contributed by atoms with Gasteiger partial charge in [-0.15, -0.1) is 0 Å². The van der Waals surface area contributed by atoms with Crippen molar-refractivity contribution in [2.75, 3.05) is 11.4 Å². The number of hydrogen-bond acceptors (Lipinski definition) is 1. The molecule has 1 aliphatic heterocycles. The van der Waals surface area contributed by atoms with Gasteiger partial charge in [0, 0.05) is 34.1 Å². The molecule has 0 saturated carbocycles. The molecule has 8 aromatic rings. The fourth-order valence-electron chi connectivity index (χ4n) is 7.46. The first-order valence-electron chi connectivity index (χ1n) is 17.5. The highest BCUT2D eigenvalue weighted by atomic mass is 15.1. The van der Waals surface area contributed by atoms with E-state index in [0.29, 0.717) is 6.54 Å². The van der Waals surface area contributed by atoms with E-state index < -0.39 is 0 Å². The number of benzene rings is 7. The highest BCUT2D eigenvalue weighted by Crippen LogP contribution is 2.45. The molecule has 2 heterocycles. The zero-order valence-corrected chi connectivity index (χ0v) is 28.3. The number of H-pyrrole nitrogens is 1. The number of fused-ring (bicyclic) bond motifs is 7.